The summed E-state index contributed by atoms with van der Waals surface area (Å²) in [5.41, 5.74) is 1.58. The van der Waals surface area contributed by atoms with E-state index >= 15 is 0 Å². The van der Waals surface area contributed by atoms with Crippen molar-refractivity contribution in [2.45, 2.75) is 31.8 Å². The minimum absolute atomic E-state index is 0.00611. The van der Waals surface area contributed by atoms with Crippen LogP contribution in [0, 0.1) is 5.92 Å². The Morgan fingerprint density at radius 3 is 2.83 bits per heavy atom. The summed E-state index contributed by atoms with van der Waals surface area (Å²) in [7, 11) is 0. The second kappa shape index (κ2) is 5.57. The first-order valence-corrected chi connectivity index (χ1v) is 7.21. The highest BCUT2D eigenvalue weighted by Gasteiger charge is 2.09. The molecule has 0 N–H and O–H groups in total. The van der Waals surface area contributed by atoms with Crippen LogP contribution < -0.4 is 5.56 Å². The van der Waals surface area contributed by atoms with Crippen molar-refractivity contribution in [2.75, 3.05) is 0 Å². The first-order chi connectivity index (χ1) is 8.58. The number of nitrogens with zero attached hydrogens (tertiary/aromatic N) is 2. The summed E-state index contributed by atoms with van der Waals surface area (Å²) >= 11 is 1.84. The zero-order chi connectivity index (χ0) is 13.1. The van der Waals surface area contributed by atoms with Crippen LogP contribution >= 0.6 is 11.8 Å². The number of hydrogen-bond acceptors (Lipinski definition) is 3. The van der Waals surface area contributed by atoms with Crippen molar-refractivity contribution >= 4 is 17.4 Å². The van der Waals surface area contributed by atoms with Crippen molar-refractivity contribution < 1.29 is 0 Å². The van der Waals surface area contributed by atoms with Gasteiger partial charge in [0.15, 0.2) is 0 Å². The van der Waals surface area contributed by atoms with Gasteiger partial charge in [0.05, 0.1) is 5.69 Å². The summed E-state index contributed by atoms with van der Waals surface area (Å²) in [4.78, 5) is 16.4. The second-order valence-corrected chi connectivity index (χ2v) is 6.14. The van der Waals surface area contributed by atoms with Gasteiger partial charge in [0.2, 0.25) is 0 Å². The molecule has 0 fully saturated rings. The molecule has 2 aromatic heterocycles. The fourth-order valence-electron chi connectivity index (χ4n) is 1.59. The Hall–Kier alpha value is -1.29. The second-order valence-electron chi connectivity index (χ2n) is 4.77. The summed E-state index contributed by atoms with van der Waals surface area (Å²) in [5.74, 6) is 1.43. The number of rotatable bonds is 4. The molecule has 0 bridgehead atoms. The van der Waals surface area contributed by atoms with Gasteiger partial charge in [-0.15, -0.1) is 0 Å². The van der Waals surface area contributed by atoms with E-state index in [0.29, 0.717) is 11.2 Å². The lowest BCUT2D eigenvalue weighted by atomic mass is 10.2. The minimum atomic E-state index is -0.00611. The van der Waals surface area contributed by atoms with E-state index < -0.39 is 0 Å². The average molecular weight is 262 g/mol. The number of thioether (sulfide) groups is 1. The van der Waals surface area contributed by atoms with Crippen molar-refractivity contribution in [1.29, 1.82) is 0 Å². The van der Waals surface area contributed by atoms with E-state index in [2.05, 4.69) is 25.8 Å². The molecular formula is C14H18N2OS. The largest absolute Gasteiger partial charge is 0.269 e. The molecule has 4 heteroatoms. The predicted molar refractivity (Wildman–Crippen MR) is 77.1 cm³/mol. The van der Waals surface area contributed by atoms with Gasteiger partial charge in [0.25, 0.3) is 5.56 Å². The zero-order valence-electron chi connectivity index (χ0n) is 11.0. The lowest BCUT2D eigenvalue weighted by Gasteiger charge is -2.14. The van der Waals surface area contributed by atoms with Crippen LogP contribution in [0.1, 0.15) is 26.5 Å². The highest BCUT2D eigenvalue weighted by atomic mass is 32.2. The molecule has 0 radical (unpaired) electrons. The Kier molecular flexibility index (Phi) is 4.07. The van der Waals surface area contributed by atoms with Crippen molar-refractivity contribution in [3.05, 3.63) is 46.5 Å². The van der Waals surface area contributed by atoms with Crippen LogP contribution in [-0.4, -0.2) is 14.6 Å². The molecule has 0 saturated carbocycles. The van der Waals surface area contributed by atoms with Crippen molar-refractivity contribution in [1.82, 2.24) is 9.38 Å². The van der Waals surface area contributed by atoms with Crippen LogP contribution in [0.15, 0.2) is 35.3 Å². The lowest BCUT2D eigenvalue weighted by Crippen LogP contribution is -2.15. The van der Waals surface area contributed by atoms with Crippen molar-refractivity contribution in [3.63, 3.8) is 0 Å². The summed E-state index contributed by atoms with van der Waals surface area (Å²) in [6, 6.07) is 7.23. The predicted octanol–water partition coefficient (Wildman–Crippen LogP) is 2.97. The van der Waals surface area contributed by atoms with E-state index in [1.807, 2.05) is 30.0 Å². The van der Waals surface area contributed by atoms with Crippen LogP contribution in [0.3, 0.4) is 0 Å². The molecule has 96 valence electrons. The highest BCUT2D eigenvalue weighted by Crippen LogP contribution is 2.21. The molecule has 0 aliphatic heterocycles. The van der Waals surface area contributed by atoms with Crippen LogP contribution in [0.2, 0.25) is 0 Å². The molecule has 0 aromatic carbocycles. The Bertz CT molecular complexity index is 592. The van der Waals surface area contributed by atoms with E-state index in [0.717, 1.165) is 17.1 Å². The van der Waals surface area contributed by atoms with Crippen molar-refractivity contribution in [2.24, 2.45) is 5.92 Å². The van der Waals surface area contributed by atoms with E-state index in [1.54, 1.807) is 16.7 Å². The Labute approximate surface area is 111 Å². The molecular weight excluding hydrogens is 244 g/mol. The number of pyridine rings is 1. The van der Waals surface area contributed by atoms with E-state index in [4.69, 9.17) is 0 Å². The molecule has 0 saturated heterocycles. The molecule has 0 aliphatic carbocycles. The van der Waals surface area contributed by atoms with Gasteiger partial charge < -0.3 is 0 Å². The Morgan fingerprint density at radius 1 is 1.33 bits per heavy atom. The fourth-order valence-corrected chi connectivity index (χ4v) is 2.55. The Morgan fingerprint density at radius 2 is 2.11 bits per heavy atom. The smallest absolute Gasteiger partial charge is 0.258 e. The van der Waals surface area contributed by atoms with Gasteiger partial charge in [-0.05, 0) is 18.1 Å². The van der Waals surface area contributed by atoms with Crippen LogP contribution in [0.5, 0.6) is 0 Å². The zero-order valence-corrected chi connectivity index (χ0v) is 11.8. The highest BCUT2D eigenvalue weighted by molar-refractivity contribution is 7.99. The third-order valence-corrected chi connectivity index (χ3v) is 4.59. The fraction of sp³-hybridized carbons (Fsp3) is 0.429. The first kappa shape index (κ1) is 13.1. The summed E-state index contributed by atoms with van der Waals surface area (Å²) in [6.07, 6.45) is 1.75. The third kappa shape index (κ3) is 2.93. The normalized spacial score (nSPS) is 13.1. The topological polar surface area (TPSA) is 34.4 Å². The van der Waals surface area contributed by atoms with Crippen LogP contribution in [-0.2, 0) is 5.75 Å². The molecule has 0 unspecified atom stereocenters. The Balaban J connectivity index is 2.22. The number of aromatic nitrogens is 2. The molecule has 0 aliphatic rings. The van der Waals surface area contributed by atoms with Gasteiger partial charge in [-0.3, -0.25) is 9.20 Å². The monoisotopic (exact) mass is 262 g/mol. The summed E-state index contributed by atoms with van der Waals surface area (Å²) < 4.78 is 1.57. The molecule has 1 atom stereocenters. The maximum absolute atomic E-state index is 11.9. The maximum atomic E-state index is 11.9. The van der Waals surface area contributed by atoms with Gasteiger partial charge in [-0.25, -0.2) is 4.98 Å². The minimum Gasteiger partial charge on any atom is -0.269 e. The molecule has 18 heavy (non-hydrogen) atoms. The van der Waals surface area contributed by atoms with Gasteiger partial charge in [-0.1, -0.05) is 26.8 Å². The van der Waals surface area contributed by atoms with Gasteiger partial charge in [0, 0.05) is 23.3 Å². The van der Waals surface area contributed by atoms with Crippen molar-refractivity contribution in [3.8, 4) is 0 Å². The number of hydrogen-bond donors (Lipinski definition) is 0. The maximum Gasteiger partial charge on any atom is 0.258 e. The van der Waals surface area contributed by atoms with Crippen LogP contribution in [0.4, 0.5) is 0 Å². The van der Waals surface area contributed by atoms with Gasteiger partial charge in [0.1, 0.15) is 5.65 Å². The molecule has 2 aromatic rings. The molecule has 2 rings (SSSR count). The average Bonchev–Trinajstić information content (AvgIpc) is 2.36. The third-order valence-electron chi connectivity index (χ3n) is 3.06. The van der Waals surface area contributed by atoms with E-state index in [1.165, 1.54) is 0 Å². The van der Waals surface area contributed by atoms with E-state index in [-0.39, 0.29) is 5.56 Å². The van der Waals surface area contributed by atoms with Gasteiger partial charge in [-0.2, -0.15) is 11.8 Å². The number of fused-ring (bicyclic) bond motifs is 1. The molecule has 2 heterocycles. The molecule has 0 spiro atoms. The summed E-state index contributed by atoms with van der Waals surface area (Å²) in [6.45, 7) is 6.63. The summed E-state index contributed by atoms with van der Waals surface area (Å²) in [5, 5.41) is 0.570. The van der Waals surface area contributed by atoms with Crippen LogP contribution in [0.25, 0.3) is 5.65 Å². The van der Waals surface area contributed by atoms with Gasteiger partial charge >= 0.3 is 0 Å². The lowest BCUT2D eigenvalue weighted by molar-refractivity contribution is 0.642. The van der Waals surface area contributed by atoms with E-state index in [9.17, 15) is 4.79 Å². The standard InChI is InChI=1S/C14H18N2OS/c1-10(2)11(3)18-9-12-8-14(17)16-7-5-4-6-13(16)15-12/h4-8,10-11H,9H2,1-3H3/t11-/m1/s1. The first-order valence-electron chi connectivity index (χ1n) is 6.17. The molecule has 3 nitrogen and oxygen atoms in total. The molecule has 0 amide bonds. The SMILES string of the molecule is CC(C)[C@@H](C)SCc1cc(=O)n2ccccc2n1. The quantitative estimate of drug-likeness (QED) is 0.849.